The number of benzene rings is 2. The van der Waals surface area contributed by atoms with Crippen LogP contribution in [-0.2, 0) is 14.3 Å². The van der Waals surface area contributed by atoms with Crippen LogP contribution in [0.1, 0.15) is 22.8 Å². The topological polar surface area (TPSA) is 93.7 Å². The smallest absolute Gasteiger partial charge is 0.337 e. The highest BCUT2D eigenvalue weighted by atomic mass is 16.5. The van der Waals surface area contributed by atoms with Gasteiger partial charge in [0.25, 0.3) is 5.91 Å². The molecule has 7 nitrogen and oxygen atoms in total. The minimum atomic E-state index is -0.461. The molecule has 0 aliphatic rings. The van der Waals surface area contributed by atoms with Crippen molar-refractivity contribution in [1.29, 1.82) is 0 Å². The molecule has 0 bridgehead atoms. The van der Waals surface area contributed by atoms with E-state index in [0.717, 1.165) is 5.56 Å². The predicted molar refractivity (Wildman–Crippen MR) is 107 cm³/mol. The Kier molecular flexibility index (Phi) is 6.92. The fourth-order valence-electron chi connectivity index (χ4n) is 2.39. The zero-order valence-corrected chi connectivity index (χ0v) is 16.2. The number of esters is 1. The Morgan fingerprint density at radius 3 is 2.25 bits per heavy atom. The van der Waals surface area contributed by atoms with Gasteiger partial charge in [-0.3, -0.25) is 9.59 Å². The second kappa shape index (κ2) is 9.36. The van der Waals surface area contributed by atoms with Gasteiger partial charge in [-0.05, 0) is 55.8 Å². The molecule has 0 aromatic heterocycles. The maximum atomic E-state index is 12.3. The highest BCUT2D eigenvalue weighted by Crippen LogP contribution is 2.25. The van der Waals surface area contributed by atoms with Gasteiger partial charge in [0, 0.05) is 17.3 Å². The van der Waals surface area contributed by atoms with Crippen molar-refractivity contribution in [3.63, 3.8) is 0 Å². The monoisotopic (exact) mass is 382 g/mol. The van der Waals surface area contributed by atoms with Gasteiger partial charge in [0.1, 0.15) is 5.75 Å². The number of hydrogen-bond acceptors (Lipinski definition) is 5. The lowest BCUT2D eigenvalue weighted by molar-refractivity contribution is -0.114. The SMILES string of the molecule is COC(=O)c1ccc(NC(=O)/C(C)=C/C(=O)Nc2cc(C)ccc2OC)cc1. The van der Waals surface area contributed by atoms with Gasteiger partial charge in [0.05, 0.1) is 25.5 Å². The van der Waals surface area contributed by atoms with Gasteiger partial charge in [0.2, 0.25) is 5.91 Å². The molecule has 0 aliphatic heterocycles. The first-order chi connectivity index (χ1) is 13.3. The summed E-state index contributed by atoms with van der Waals surface area (Å²) in [6.07, 6.45) is 1.21. The molecule has 0 saturated heterocycles. The van der Waals surface area contributed by atoms with E-state index in [1.807, 2.05) is 13.0 Å². The fraction of sp³-hybridized carbons (Fsp3) is 0.190. The van der Waals surface area contributed by atoms with E-state index in [9.17, 15) is 14.4 Å². The molecule has 2 rings (SSSR count). The Bertz CT molecular complexity index is 917. The average molecular weight is 382 g/mol. The van der Waals surface area contributed by atoms with Gasteiger partial charge in [-0.25, -0.2) is 4.79 Å². The summed E-state index contributed by atoms with van der Waals surface area (Å²) in [6.45, 7) is 3.43. The molecule has 146 valence electrons. The minimum Gasteiger partial charge on any atom is -0.495 e. The number of amides is 2. The lowest BCUT2D eigenvalue weighted by Crippen LogP contribution is -2.16. The molecule has 2 N–H and O–H groups in total. The Morgan fingerprint density at radius 2 is 1.64 bits per heavy atom. The highest BCUT2D eigenvalue weighted by Gasteiger charge is 2.11. The third-order valence-electron chi connectivity index (χ3n) is 3.88. The third-order valence-corrected chi connectivity index (χ3v) is 3.88. The summed E-state index contributed by atoms with van der Waals surface area (Å²) in [5.74, 6) is -0.813. The van der Waals surface area contributed by atoms with Crippen LogP contribution in [0.5, 0.6) is 5.75 Å². The number of anilines is 2. The van der Waals surface area contributed by atoms with Gasteiger partial charge in [0.15, 0.2) is 0 Å². The van der Waals surface area contributed by atoms with Crippen LogP contribution in [0, 0.1) is 6.92 Å². The summed E-state index contributed by atoms with van der Waals surface area (Å²) in [5, 5.41) is 5.37. The highest BCUT2D eigenvalue weighted by molar-refractivity contribution is 6.10. The molecule has 0 unspecified atom stereocenters. The molecule has 2 aromatic rings. The number of rotatable bonds is 6. The first-order valence-corrected chi connectivity index (χ1v) is 8.47. The van der Waals surface area contributed by atoms with Crippen molar-refractivity contribution in [2.24, 2.45) is 0 Å². The molecule has 0 heterocycles. The van der Waals surface area contributed by atoms with Crippen molar-refractivity contribution >= 4 is 29.2 Å². The quantitative estimate of drug-likeness (QED) is 0.590. The van der Waals surface area contributed by atoms with E-state index in [-0.39, 0.29) is 5.57 Å². The molecule has 2 aromatic carbocycles. The van der Waals surface area contributed by atoms with Crippen molar-refractivity contribution in [2.45, 2.75) is 13.8 Å². The van der Waals surface area contributed by atoms with Crippen molar-refractivity contribution in [2.75, 3.05) is 24.9 Å². The molecule has 0 fully saturated rings. The Balaban J connectivity index is 2.04. The number of methoxy groups -OCH3 is 2. The zero-order valence-electron chi connectivity index (χ0n) is 16.2. The van der Waals surface area contributed by atoms with Gasteiger partial charge in [-0.15, -0.1) is 0 Å². The van der Waals surface area contributed by atoms with Gasteiger partial charge in [-0.1, -0.05) is 6.07 Å². The van der Waals surface area contributed by atoms with E-state index >= 15 is 0 Å². The van der Waals surface area contributed by atoms with Crippen molar-refractivity contribution in [3.05, 3.63) is 65.2 Å². The average Bonchev–Trinajstić information content (AvgIpc) is 2.68. The molecule has 0 radical (unpaired) electrons. The summed E-state index contributed by atoms with van der Waals surface area (Å²) in [7, 11) is 2.81. The molecule has 0 atom stereocenters. The number of carbonyl (C=O) groups is 3. The van der Waals surface area contributed by atoms with Gasteiger partial charge < -0.3 is 20.1 Å². The molecular formula is C21H22N2O5. The van der Waals surface area contributed by atoms with Gasteiger partial charge in [-0.2, -0.15) is 0 Å². The van der Waals surface area contributed by atoms with E-state index in [4.69, 9.17) is 4.74 Å². The standard InChI is InChI=1S/C21H22N2O5/c1-13-5-10-18(27-3)17(11-13)23-19(24)12-14(2)20(25)22-16-8-6-15(7-9-16)21(26)28-4/h5-12H,1-4H3,(H,22,25)(H,23,24)/b14-12+. The van der Waals surface area contributed by atoms with E-state index in [0.29, 0.717) is 22.7 Å². The van der Waals surface area contributed by atoms with Crippen LogP contribution in [0.4, 0.5) is 11.4 Å². The number of aryl methyl sites for hydroxylation is 1. The number of nitrogens with one attached hydrogen (secondary N) is 2. The normalized spacial score (nSPS) is 10.8. The second-order valence-electron chi connectivity index (χ2n) is 6.04. The minimum absolute atomic E-state index is 0.223. The molecule has 0 saturated carbocycles. The fourth-order valence-corrected chi connectivity index (χ4v) is 2.39. The summed E-state index contributed by atoms with van der Waals surface area (Å²) in [4.78, 5) is 35.9. The number of ether oxygens (including phenoxy) is 2. The van der Waals surface area contributed by atoms with E-state index < -0.39 is 17.8 Å². The maximum Gasteiger partial charge on any atom is 0.337 e. The van der Waals surface area contributed by atoms with Gasteiger partial charge >= 0.3 is 5.97 Å². The second-order valence-corrected chi connectivity index (χ2v) is 6.04. The van der Waals surface area contributed by atoms with Crippen LogP contribution >= 0.6 is 0 Å². The van der Waals surface area contributed by atoms with Crippen LogP contribution in [0.2, 0.25) is 0 Å². The van der Waals surface area contributed by atoms with Crippen LogP contribution in [0.15, 0.2) is 54.1 Å². The van der Waals surface area contributed by atoms with E-state index in [1.165, 1.54) is 39.4 Å². The van der Waals surface area contributed by atoms with Crippen LogP contribution in [-0.4, -0.2) is 32.0 Å². The summed E-state index contributed by atoms with van der Waals surface area (Å²) < 4.78 is 9.84. The lowest BCUT2D eigenvalue weighted by atomic mass is 10.2. The molecule has 0 spiro atoms. The van der Waals surface area contributed by atoms with E-state index in [1.54, 1.807) is 24.3 Å². The Labute approximate surface area is 163 Å². The molecule has 0 aliphatic carbocycles. The Hall–Kier alpha value is -3.61. The maximum absolute atomic E-state index is 12.3. The molecule has 28 heavy (non-hydrogen) atoms. The summed E-state index contributed by atoms with van der Waals surface area (Å²) >= 11 is 0. The lowest BCUT2D eigenvalue weighted by Gasteiger charge is -2.10. The largest absolute Gasteiger partial charge is 0.495 e. The summed E-state index contributed by atoms with van der Waals surface area (Å²) in [6, 6.07) is 11.6. The van der Waals surface area contributed by atoms with Crippen LogP contribution in [0.3, 0.4) is 0 Å². The first kappa shape index (κ1) is 20.7. The number of carbonyl (C=O) groups excluding carboxylic acids is 3. The Morgan fingerprint density at radius 1 is 0.964 bits per heavy atom. The predicted octanol–water partition coefficient (Wildman–Crippen LogP) is 3.31. The zero-order chi connectivity index (χ0) is 20.7. The van der Waals surface area contributed by atoms with Crippen molar-refractivity contribution in [3.8, 4) is 5.75 Å². The van der Waals surface area contributed by atoms with Crippen LogP contribution < -0.4 is 15.4 Å². The summed E-state index contributed by atoms with van der Waals surface area (Å²) in [5.41, 5.74) is 2.58. The van der Waals surface area contributed by atoms with Crippen molar-refractivity contribution in [1.82, 2.24) is 0 Å². The van der Waals surface area contributed by atoms with Crippen molar-refractivity contribution < 1.29 is 23.9 Å². The number of hydrogen-bond donors (Lipinski definition) is 2. The third kappa shape index (κ3) is 5.44. The van der Waals surface area contributed by atoms with E-state index in [2.05, 4.69) is 15.4 Å². The molecule has 7 heteroatoms. The first-order valence-electron chi connectivity index (χ1n) is 8.47. The van der Waals surface area contributed by atoms with Crippen LogP contribution in [0.25, 0.3) is 0 Å². The molecule has 2 amide bonds. The molecular weight excluding hydrogens is 360 g/mol.